The van der Waals surface area contributed by atoms with Gasteiger partial charge >= 0.3 is 0 Å². The van der Waals surface area contributed by atoms with Crippen molar-refractivity contribution in [2.75, 3.05) is 0 Å². The van der Waals surface area contributed by atoms with Gasteiger partial charge in [-0.2, -0.15) is 0 Å². The Kier molecular flexibility index (Phi) is 4.27. The van der Waals surface area contributed by atoms with Gasteiger partial charge in [-0.25, -0.2) is 0 Å². The van der Waals surface area contributed by atoms with Crippen molar-refractivity contribution in [2.24, 2.45) is 0 Å². The van der Waals surface area contributed by atoms with Gasteiger partial charge in [0.1, 0.15) is 4.32 Å². The number of H-pyrrole nitrogens is 1. The van der Waals surface area contributed by atoms with Crippen LogP contribution in [0, 0.1) is 0 Å². The lowest BCUT2D eigenvalue weighted by atomic mass is 10.1. The molecule has 0 spiro atoms. The van der Waals surface area contributed by atoms with E-state index >= 15 is 0 Å². The first kappa shape index (κ1) is 13.9. The zero-order valence-corrected chi connectivity index (χ0v) is 12.9. The Balaban J connectivity index is 1.79. The monoisotopic (exact) mass is 306 g/mol. The number of rotatable bonds is 2. The summed E-state index contributed by atoms with van der Waals surface area (Å²) in [4.78, 5) is 18.3. The van der Waals surface area contributed by atoms with Crippen molar-refractivity contribution in [1.29, 1.82) is 0 Å². The molecule has 106 valence electrons. The fraction of sp³-hybridized carbons (Fsp3) is 0.467. The number of amides is 1. The van der Waals surface area contributed by atoms with Crippen LogP contribution in [0.5, 0.6) is 0 Å². The van der Waals surface area contributed by atoms with Crippen molar-refractivity contribution < 1.29 is 4.79 Å². The van der Waals surface area contributed by atoms with Crippen LogP contribution in [0.2, 0.25) is 0 Å². The number of hydrogen-bond acceptors (Lipinski definition) is 3. The molecule has 5 heteroatoms. The molecule has 1 aromatic rings. The maximum Gasteiger partial charge on any atom is 0.266 e. The van der Waals surface area contributed by atoms with Crippen molar-refractivity contribution in [1.82, 2.24) is 9.88 Å². The van der Waals surface area contributed by atoms with Crippen molar-refractivity contribution >= 4 is 40.3 Å². The minimum atomic E-state index is 0.0847. The zero-order valence-electron chi connectivity index (χ0n) is 11.3. The van der Waals surface area contributed by atoms with Gasteiger partial charge in [0.05, 0.1) is 4.91 Å². The number of hydrogen-bond donors (Lipinski definition) is 1. The number of aromatic nitrogens is 1. The average Bonchev–Trinajstić information content (AvgIpc) is 2.92. The number of carbonyl (C=O) groups is 1. The molecule has 2 fully saturated rings. The second-order valence-corrected chi connectivity index (χ2v) is 7.00. The lowest BCUT2D eigenvalue weighted by Gasteiger charge is -2.25. The fourth-order valence-electron chi connectivity index (χ4n) is 2.89. The number of thioether (sulfide) groups is 1. The van der Waals surface area contributed by atoms with Crippen LogP contribution in [0.25, 0.3) is 6.08 Å². The second kappa shape index (κ2) is 6.14. The maximum atomic E-state index is 12.6. The SMILES string of the molecule is O=C1/C(=C/c2ccc[nH]2)SC(=S)N1C1CCCCCC1. The third-order valence-corrected chi connectivity index (χ3v) is 5.25. The molecular weight excluding hydrogens is 288 g/mol. The summed E-state index contributed by atoms with van der Waals surface area (Å²) in [5.41, 5.74) is 0.950. The largest absolute Gasteiger partial charge is 0.362 e. The van der Waals surface area contributed by atoms with Crippen LogP contribution in [-0.4, -0.2) is 26.2 Å². The first-order valence-corrected chi connectivity index (χ1v) is 8.38. The summed E-state index contributed by atoms with van der Waals surface area (Å²) in [6, 6.07) is 4.19. The lowest BCUT2D eigenvalue weighted by molar-refractivity contribution is -0.123. The molecule has 1 aliphatic heterocycles. The quantitative estimate of drug-likeness (QED) is 0.511. The standard InChI is InChI=1S/C15H18N2OS2/c18-14-13(10-11-6-5-9-16-11)20-15(19)17(14)12-7-3-1-2-4-8-12/h5-6,9-10,12,16H,1-4,7-8H2/b13-10-. The number of nitrogens with zero attached hydrogens (tertiary/aromatic N) is 1. The van der Waals surface area contributed by atoms with Crippen LogP contribution in [0.1, 0.15) is 44.2 Å². The molecule has 0 radical (unpaired) electrons. The summed E-state index contributed by atoms with van der Waals surface area (Å²) in [5.74, 6) is 0.0847. The van der Waals surface area contributed by atoms with E-state index in [4.69, 9.17) is 12.2 Å². The Labute approximate surface area is 128 Å². The van der Waals surface area contributed by atoms with E-state index in [1.54, 1.807) is 0 Å². The zero-order chi connectivity index (χ0) is 13.9. The second-order valence-electron chi connectivity index (χ2n) is 5.32. The van der Waals surface area contributed by atoms with Crippen LogP contribution in [-0.2, 0) is 4.79 Å². The molecule has 1 aromatic heterocycles. The van der Waals surface area contributed by atoms with Crippen LogP contribution < -0.4 is 0 Å². The molecule has 1 N–H and O–H groups in total. The number of nitrogens with one attached hydrogen (secondary N) is 1. The fourth-order valence-corrected chi connectivity index (χ4v) is 4.28. The molecule has 3 rings (SSSR count). The van der Waals surface area contributed by atoms with Crippen molar-refractivity contribution in [3.05, 3.63) is 28.9 Å². The number of thiocarbonyl (C=S) groups is 1. The molecule has 0 bridgehead atoms. The van der Waals surface area contributed by atoms with Crippen molar-refractivity contribution in [3.63, 3.8) is 0 Å². The van der Waals surface area contributed by atoms with Crippen LogP contribution in [0.15, 0.2) is 23.2 Å². The van der Waals surface area contributed by atoms with Gasteiger partial charge in [-0.05, 0) is 31.1 Å². The summed E-state index contributed by atoms with van der Waals surface area (Å²) in [7, 11) is 0. The Hall–Kier alpha value is -1.07. The Morgan fingerprint density at radius 2 is 2.05 bits per heavy atom. The van der Waals surface area contributed by atoms with Gasteiger partial charge in [-0.1, -0.05) is 49.7 Å². The molecule has 1 aliphatic carbocycles. The van der Waals surface area contributed by atoms with E-state index in [1.807, 2.05) is 29.3 Å². The lowest BCUT2D eigenvalue weighted by Crippen LogP contribution is -2.38. The third-order valence-electron chi connectivity index (χ3n) is 3.92. The number of aromatic amines is 1. The first-order valence-electron chi connectivity index (χ1n) is 7.16. The van der Waals surface area contributed by atoms with E-state index in [0.717, 1.165) is 27.8 Å². The van der Waals surface area contributed by atoms with Gasteiger partial charge in [0.15, 0.2) is 0 Å². The van der Waals surface area contributed by atoms with E-state index in [-0.39, 0.29) is 5.91 Å². The molecule has 1 saturated carbocycles. The highest BCUT2D eigenvalue weighted by atomic mass is 32.2. The van der Waals surface area contributed by atoms with E-state index in [2.05, 4.69) is 4.98 Å². The van der Waals surface area contributed by atoms with E-state index in [1.165, 1.54) is 37.4 Å². The number of carbonyl (C=O) groups excluding carboxylic acids is 1. The molecule has 1 amide bonds. The van der Waals surface area contributed by atoms with Crippen LogP contribution in [0.3, 0.4) is 0 Å². The van der Waals surface area contributed by atoms with Gasteiger partial charge in [-0.3, -0.25) is 9.69 Å². The predicted octanol–water partition coefficient (Wildman–Crippen LogP) is 3.94. The Bertz CT molecular complexity index is 528. The highest BCUT2D eigenvalue weighted by Gasteiger charge is 2.37. The Morgan fingerprint density at radius 1 is 1.30 bits per heavy atom. The minimum absolute atomic E-state index is 0.0847. The molecule has 3 nitrogen and oxygen atoms in total. The van der Waals surface area contributed by atoms with Crippen LogP contribution >= 0.6 is 24.0 Å². The topological polar surface area (TPSA) is 36.1 Å². The third kappa shape index (κ3) is 2.83. The summed E-state index contributed by atoms with van der Waals surface area (Å²) in [6.45, 7) is 0. The van der Waals surface area contributed by atoms with Gasteiger partial charge in [0, 0.05) is 17.9 Å². The highest BCUT2D eigenvalue weighted by molar-refractivity contribution is 8.26. The maximum absolute atomic E-state index is 12.6. The smallest absolute Gasteiger partial charge is 0.266 e. The van der Waals surface area contributed by atoms with E-state index < -0.39 is 0 Å². The average molecular weight is 306 g/mol. The first-order chi connectivity index (χ1) is 9.75. The molecule has 0 atom stereocenters. The minimum Gasteiger partial charge on any atom is -0.362 e. The summed E-state index contributed by atoms with van der Waals surface area (Å²) in [5, 5.41) is 0. The van der Waals surface area contributed by atoms with E-state index in [0.29, 0.717) is 6.04 Å². The van der Waals surface area contributed by atoms with Gasteiger partial charge in [-0.15, -0.1) is 0 Å². The van der Waals surface area contributed by atoms with Crippen LogP contribution in [0.4, 0.5) is 0 Å². The molecule has 0 aromatic carbocycles. The predicted molar refractivity (Wildman–Crippen MR) is 87.3 cm³/mol. The Morgan fingerprint density at radius 3 is 2.70 bits per heavy atom. The molecule has 1 saturated heterocycles. The normalized spacial score (nSPS) is 23.6. The molecule has 2 heterocycles. The summed E-state index contributed by atoms with van der Waals surface area (Å²) < 4.78 is 0.722. The van der Waals surface area contributed by atoms with E-state index in [9.17, 15) is 4.79 Å². The molecular formula is C15H18N2OS2. The molecule has 20 heavy (non-hydrogen) atoms. The van der Waals surface area contributed by atoms with Gasteiger partial charge < -0.3 is 4.98 Å². The van der Waals surface area contributed by atoms with Gasteiger partial charge in [0.25, 0.3) is 5.91 Å². The highest BCUT2D eigenvalue weighted by Crippen LogP contribution is 2.36. The molecule has 2 aliphatic rings. The summed E-state index contributed by atoms with van der Waals surface area (Å²) >= 11 is 6.86. The summed E-state index contributed by atoms with van der Waals surface area (Å²) in [6.07, 6.45) is 10.9. The molecule has 0 unspecified atom stereocenters. The van der Waals surface area contributed by atoms with Gasteiger partial charge in [0.2, 0.25) is 0 Å². The van der Waals surface area contributed by atoms with Crippen molar-refractivity contribution in [2.45, 2.75) is 44.6 Å². The van der Waals surface area contributed by atoms with Crippen molar-refractivity contribution in [3.8, 4) is 0 Å².